The van der Waals surface area contributed by atoms with Crippen LogP contribution in [-0.2, 0) is 0 Å². The van der Waals surface area contributed by atoms with Crippen LogP contribution in [0, 0.1) is 0 Å². The molecule has 1 aliphatic heterocycles. The van der Waals surface area contributed by atoms with E-state index in [1.807, 2.05) is 23.1 Å². The molecular formula is C17H17N5O2. The SMILES string of the molecule is O=C(c1ccc2nc[nH]c2c1)N1CCCC(Oc2ncccn2)C1. The van der Waals surface area contributed by atoms with Crippen LogP contribution in [-0.4, -0.2) is 49.9 Å². The van der Waals surface area contributed by atoms with E-state index in [9.17, 15) is 4.79 Å². The molecule has 1 aliphatic rings. The van der Waals surface area contributed by atoms with Crippen molar-refractivity contribution in [3.05, 3.63) is 48.5 Å². The summed E-state index contributed by atoms with van der Waals surface area (Å²) in [5.41, 5.74) is 2.37. The molecule has 0 saturated carbocycles. The second-order valence-corrected chi connectivity index (χ2v) is 5.80. The molecule has 1 N–H and O–H groups in total. The van der Waals surface area contributed by atoms with Gasteiger partial charge in [0.1, 0.15) is 6.10 Å². The maximum absolute atomic E-state index is 12.8. The number of likely N-dealkylation sites (tertiary alicyclic amines) is 1. The number of imidazole rings is 1. The van der Waals surface area contributed by atoms with Crippen molar-refractivity contribution in [2.24, 2.45) is 0 Å². The number of hydrogen-bond acceptors (Lipinski definition) is 5. The number of hydrogen-bond donors (Lipinski definition) is 1. The van der Waals surface area contributed by atoms with E-state index in [-0.39, 0.29) is 12.0 Å². The zero-order valence-corrected chi connectivity index (χ0v) is 13.1. The number of fused-ring (bicyclic) bond motifs is 1. The van der Waals surface area contributed by atoms with E-state index in [0.29, 0.717) is 18.1 Å². The number of aromatic amines is 1. The van der Waals surface area contributed by atoms with Crippen LogP contribution in [0.4, 0.5) is 0 Å². The van der Waals surface area contributed by atoms with Gasteiger partial charge in [0, 0.05) is 24.5 Å². The quantitative estimate of drug-likeness (QED) is 0.797. The Hall–Kier alpha value is -2.96. The van der Waals surface area contributed by atoms with Crippen LogP contribution in [0.3, 0.4) is 0 Å². The summed E-state index contributed by atoms with van der Waals surface area (Å²) in [6.07, 6.45) is 6.63. The van der Waals surface area contributed by atoms with Gasteiger partial charge in [0.25, 0.3) is 5.91 Å². The number of H-pyrrole nitrogens is 1. The highest BCUT2D eigenvalue weighted by molar-refractivity contribution is 5.97. The lowest BCUT2D eigenvalue weighted by Crippen LogP contribution is -2.44. The summed E-state index contributed by atoms with van der Waals surface area (Å²) in [6.45, 7) is 1.27. The van der Waals surface area contributed by atoms with Crippen LogP contribution in [0.1, 0.15) is 23.2 Å². The highest BCUT2D eigenvalue weighted by atomic mass is 16.5. The Morgan fingerprint density at radius 1 is 1.25 bits per heavy atom. The summed E-state index contributed by atoms with van der Waals surface area (Å²) in [6, 6.07) is 7.62. The fraction of sp³-hybridized carbons (Fsp3) is 0.294. The molecule has 1 aromatic carbocycles. The summed E-state index contributed by atoms with van der Waals surface area (Å²) in [5.74, 6) is 0.00813. The molecule has 0 spiro atoms. The van der Waals surface area contributed by atoms with Gasteiger partial charge >= 0.3 is 6.01 Å². The van der Waals surface area contributed by atoms with Crippen molar-refractivity contribution in [3.63, 3.8) is 0 Å². The van der Waals surface area contributed by atoms with Gasteiger partial charge in [-0.25, -0.2) is 15.0 Å². The molecule has 7 heteroatoms. The lowest BCUT2D eigenvalue weighted by Gasteiger charge is -2.32. The van der Waals surface area contributed by atoms with Crippen molar-refractivity contribution in [1.29, 1.82) is 0 Å². The number of carbonyl (C=O) groups excluding carboxylic acids is 1. The summed E-state index contributed by atoms with van der Waals surface area (Å²) in [7, 11) is 0. The number of amides is 1. The Morgan fingerprint density at radius 3 is 3.00 bits per heavy atom. The summed E-state index contributed by atoms with van der Waals surface area (Å²) in [4.78, 5) is 30.0. The average Bonchev–Trinajstić information content (AvgIpc) is 3.10. The van der Waals surface area contributed by atoms with Crippen molar-refractivity contribution in [2.45, 2.75) is 18.9 Å². The van der Waals surface area contributed by atoms with Gasteiger partial charge in [-0.1, -0.05) is 0 Å². The minimum atomic E-state index is -0.0824. The van der Waals surface area contributed by atoms with E-state index in [4.69, 9.17) is 4.74 Å². The smallest absolute Gasteiger partial charge is 0.316 e. The van der Waals surface area contributed by atoms with Crippen LogP contribution < -0.4 is 4.74 Å². The van der Waals surface area contributed by atoms with Gasteiger partial charge in [0.2, 0.25) is 0 Å². The lowest BCUT2D eigenvalue weighted by molar-refractivity contribution is 0.0516. The van der Waals surface area contributed by atoms with E-state index in [1.54, 1.807) is 24.8 Å². The van der Waals surface area contributed by atoms with Crippen molar-refractivity contribution in [1.82, 2.24) is 24.8 Å². The number of carbonyl (C=O) groups is 1. The Kier molecular flexibility index (Phi) is 3.82. The van der Waals surface area contributed by atoms with Gasteiger partial charge in [0.05, 0.1) is 23.9 Å². The molecule has 0 bridgehead atoms. The summed E-state index contributed by atoms with van der Waals surface area (Å²) in [5, 5.41) is 0. The zero-order valence-electron chi connectivity index (χ0n) is 13.1. The maximum atomic E-state index is 12.8. The van der Waals surface area contributed by atoms with Crippen molar-refractivity contribution in [2.75, 3.05) is 13.1 Å². The molecule has 1 saturated heterocycles. The minimum absolute atomic E-state index is 0.00813. The molecule has 1 atom stereocenters. The summed E-state index contributed by atoms with van der Waals surface area (Å²) < 4.78 is 5.80. The van der Waals surface area contributed by atoms with Gasteiger partial charge in [-0.05, 0) is 37.1 Å². The first kappa shape index (κ1) is 14.6. The van der Waals surface area contributed by atoms with Gasteiger partial charge in [0.15, 0.2) is 0 Å². The second-order valence-electron chi connectivity index (χ2n) is 5.80. The molecule has 4 rings (SSSR count). The van der Waals surface area contributed by atoms with Crippen molar-refractivity contribution < 1.29 is 9.53 Å². The first-order valence-electron chi connectivity index (χ1n) is 7.96. The van der Waals surface area contributed by atoms with Gasteiger partial charge in [-0.2, -0.15) is 0 Å². The number of rotatable bonds is 3. The molecule has 1 fully saturated rings. The molecule has 2 aromatic heterocycles. The third kappa shape index (κ3) is 2.92. The number of ether oxygens (including phenoxy) is 1. The van der Waals surface area contributed by atoms with E-state index in [1.165, 1.54) is 0 Å². The maximum Gasteiger partial charge on any atom is 0.316 e. The second kappa shape index (κ2) is 6.27. The predicted molar refractivity (Wildman–Crippen MR) is 87.7 cm³/mol. The van der Waals surface area contributed by atoms with E-state index < -0.39 is 0 Å². The zero-order chi connectivity index (χ0) is 16.4. The lowest BCUT2D eigenvalue weighted by atomic mass is 10.1. The Balaban J connectivity index is 1.47. The number of nitrogens with one attached hydrogen (secondary N) is 1. The fourth-order valence-electron chi connectivity index (χ4n) is 2.97. The van der Waals surface area contributed by atoms with Gasteiger partial charge in [-0.15, -0.1) is 0 Å². The molecule has 0 aliphatic carbocycles. The topological polar surface area (TPSA) is 84.0 Å². The molecule has 24 heavy (non-hydrogen) atoms. The number of piperidine rings is 1. The van der Waals surface area contributed by atoms with Gasteiger partial charge < -0.3 is 14.6 Å². The Morgan fingerprint density at radius 2 is 2.12 bits per heavy atom. The molecule has 3 heterocycles. The van der Waals surface area contributed by atoms with Gasteiger partial charge in [-0.3, -0.25) is 4.79 Å². The average molecular weight is 323 g/mol. The monoisotopic (exact) mass is 323 g/mol. The predicted octanol–water partition coefficient (Wildman–Crippen LogP) is 2.04. The van der Waals surface area contributed by atoms with Crippen LogP contribution in [0.15, 0.2) is 43.0 Å². The first-order valence-corrected chi connectivity index (χ1v) is 7.96. The molecule has 3 aromatic rings. The first-order chi connectivity index (χ1) is 11.8. The van der Waals surface area contributed by atoms with E-state index in [0.717, 1.165) is 30.4 Å². The normalized spacial score (nSPS) is 17.8. The molecule has 1 unspecified atom stereocenters. The highest BCUT2D eigenvalue weighted by Gasteiger charge is 2.26. The largest absolute Gasteiger partial charge is 0.458 e. The molecule has 122 valence electrons. The van der Waals surface area contributed by atoms with Crippen molar-refractivity contribution in [3.8, 4) is 6.01 Å². The van der Waals surface area contributed by atoms with Crippen LogP contribution >= 0.6 is 0 Å². The van der Waals surface area contributed by atoms with Crippen LogP contribution in [0.25, 0.3) is 11.0 Å². The molecular weight excluding hydrogens is 306 g/mol. The van der Waals surface area contributed by atoms with E-state index in [2.05, 4.69) is 19.9 Å². The Labute approximate surface area is 138 Å². The van der Waals surface area contributed by atoms with Crippen molar-refractivity contribution >= 4 is 16.9 Å². The molecule has 0 radical (unpaired) electrons. The molecule has 7 nitrogen and oxygen atoms in total. The number of aromatic nitrogens is 4. The van der Waals surface area contributed by atoms with Crippen LogP contribution in [0.2, 0.25) is 0 Å². The standard InChI is InChI=1S/C17H17N5O2/c23-16(12-4-5-14-15(9-12)21-11-20-14)22-8-1-3-13(10-22)24-17-18-6-2-7-19-17/h2,4-7,9,11,13H,1,3,8,10H2,(H,20,21). The third-order valence-corrected chi connectivity index (χ3v) is 4.15. The third-order valence-electron chi connectivity index (χ3n) is 4.15. The Bertz CT molecular complexity index is 848. The summed E-state index contributed by atoms with van der Waals surface area (Å²) >= 11 is 0. The fourth-order valence-corrected chi connectivity index (χ4v) is 2.97. The number of nitrogens with zero attached hydrogens (tertiary/aromatic N) is 4. The molecule has 1 amide bonds. The highest BCUT2D eigenvalue weighted by Crippen LogP contribution is 2.19. The number of benzene rings is 1. The minimum Gasteiger partial charge on any atom is -0.458 e. The van der Waals surface area contributed by atoms with Crippen LogP contribution in [0.5, 0.6) is 6.01 Å². The van der Waals surface area contributed by atoms with E-state index >= 15 is 0 Å².